The quantitative estimate of drug-likeness (QED) is 0.880. The number of anilines is 1. The molecule has 2 atom stereocenters. The number of benzene rings is 1. The molecule has 0 radical (unpaired) electrons. The second-order valence-corrected chi connectivity index (χ2v) is 5.29. The number of hydrogen-bond donors (Lipinski definition) is 2. The van der Waals surface area contributed by atoms with Crippen molar-refractivity contribution in [2.45, 2.75) is 25.6 Å². The van der Waals surface area contributed by atoms with Gasteiger partial charge in [0.1, 0.15) is 0 Å². The molecule has 1 amide bonds. The van der Waals surface area contributed by atoms with Crippen molar-refractivity contribution in [3.8, 4) is 0 Å². The first-order valence-electron chi connectivity index (χ1n) is 6.20. The third-order valence-corrected chi connectivity index (χ3v) is 3.68. The monoisotopic (exact) mass is 306 g/mol. The average molecular weight is 307 g/mol. The van der Waals surface area contributed by atoms with E-state index in [1.54, 1.807) is 0 Å². The van der Waals surface area contributed by atoms with E-state index in [4.69, 9.17) is 11.6 Å². The van der Waals surface area contributed by atoms with E-state index >= 15 is 0 Å². The highest BCUT2D eigenvalue weighted by Crippen LogP contribution is 2.33. The largest absolute Gasteiger partial charge is 0.416 e. The summed E-state index contributed by atoms with van der Waals surface area (Å²) in [6.07, 6.45) is -3.56. The van der Waals surface area contributed by atoms with Crippen molar-refractivity contribution >= 4 is 23.2 Å². The van der Waals surface area contributed by atoms with E-state index in [0.717, 1.165) is 25.1 Å². The van der Waals surface area contributed by atoms with Crippen LogP contribution in [0.4, 0.5) is 18.9 Å². The number of alkyl halides is 3. The summed E-state index contributed by atoms with van der Waals surface area (Å²) in [7, 11) is 0. The molecule has 1 aromatic carbocycles. The molecule has 20 heavy (non-hydrogen) atoms. The molecule has 110 valence electrons. The van der Waals surface area contributed by atoms with E-state index in [9.17, 15) is 18.0 Å². The lowest BCUT2D eigenvalue weighted by atomic mass is 10.0. The number of halogens is 4. The zero-order valence-corrected chi connectivity index (χ0v) is 11.5. The van der Waals surface area contributed by atoms with E-state index in [0.29, 0.717) is 0 Å². The molecule has 1 saturated heterocycles. The molecular weight excluding hydrogens is 293 g/mol. The maximum absolute atomic E-state index is 12.5. The van der Waals surface area contributed by atoms with Crippen LogP contribution in [0.25, 0.3) is 0 Å². The highest BCUT2D eigenvalue weighted by molar-refractivity contribution is 6.33. The highest BCUT2D eigenvalue weighted by atomic mass is 35.5. The fourth-order valence-electron chi connectivity index (χ4n) is 2.19. The summed E-state index contributed by atoms with van der Waals surface area (Å²) in [5.41, 5.74) is -0.654. The number of amides is 1. The van der Waals surface area contributed by atoms with Gasteiger partial charge in [0.2, 0.25) is 5.91 Å². The maximum atomic E-state index is 12.5. The van der Waals surface area contributed by atoms with Crippen LogP contribution in [0.2, 0.25) is 5.02 Å². The normalized spacial score (nSPS) is 22.9. The van der Waals surface area contributed by atoms with Crippen LogP contribution in [-0.2, 0) is 11.0 Å². The third kappa shape index (κ3) is 3.24. The number of rotatable bonds is 2. The summed E-state index contributed by atoms with van der Waals surface area (Å²) in [5, 5.41) is 5.48. The number of hydrogen-bond acceptors (Lipinski definition) is 2. The van der Waals surface area contributed by atoms with E-state index in [2.05, 4.69) is 10.6 Å². The van der Waals surface area contributed by atoms with Crippen LogP contribution in [0.3, 0.4) is 0 Å². The second kappa shape index (κ2) is 5.61. The lowest BCUT2D eigenvalue weighted by Gasteiger charge is -2.16. The second-order valence-electron chi connectivity index (χ2n) is 4.88. The van der Waals surface area contributed by atoms with Crippen molar-refractivity contribution in [1.82, 2.24) is 5.32 Å². The fraction of sp³-hybridized carbons (Fsp3) is 0.462. The summed E-state index contributed by atoms with van der Waals surface area (Å²) < 4.78 is 37.5. The molecule has 0 spiro atoms. The van der Waals surface area contributed by atoms with Crippen molar-refractivity contribution in [2.75, 3.05) is 11.9 Å². The molecule has 0 aromatic heterocycles. The van der Waals surface area contributed by atoms with Gasteiger partial charge in [0.25, 0.3) is 0 Å². The Balaban J connectivity index is 2.12. The Bertz CT molecular complexity index is 519. The summed E-state index contributed by atoms with van der Waals surface area (Å²) in [5.74, 6) is -0.0973. The Hall–Kier alpha value is -1.27. The Morgan fingerprint density at radius 1 is 1.45 bits per heavy atom. The van der Waals surface area contributed by atoms with Gasteiger partial charge in [-0.3, -0.25) is 4.79 Å². The molecule has 1 fully saturated rings. The molecule has 0 saturated carbocycles. The van der Waals surface area contributed by atoms with Gasteiger partial charge >= 0.3 is 6.18 Å². The fourth-order valence-corrected chi connectivity index (χ4v) is 2.42. The van der Waals surface area contributed by atoms with Gasteiger partial charge in [-0.15, -0.1) is 0 Å². The van der Waals surface area contributed by atoms with E-state index in [1.165, 1.54) is 6.07 Å². The van der Waals surface area contributed by atoms with Crippen molar-refractivity contribution in [1.29, 1.82) is 0 Å². The lowest BCUT2D eigenvalue weighted by molar-refractivity contribution is -0.137. The van der Waals surface area contributed by atoms with Gasteiger partial charge < -0.3 is 10.6 Å². The first-order valence-corrected chi connectivity index (χ1v) is 6.58. The van der Waals surface area contributed by atoms with Crippen LogP contribution < -0.4 is 10.6 Å². The lowest BCUT2D eigenvalue weighted by Crippen LogP contribution is -2.39. The van der Waals surface area contributed by atoms with Crippen LogP contribution in [0.5, 0.6) is 0 Å². The predicted octanol–water partition coefficient (Wildman–Crippen LogP) is 3.30. The highest BCUT2D eigenvalue weighted by Gasteiger charge is 2.32. The number of carbonyl (C=O) groups excluding carboxylic acids is 1. The van der Waals surface area contributed by atoms with Gasteiger partial charge in [-0.1, -0.05) is 18.5 Å². The molecule has 0 aliphatic carbocycles. The predicted molar refractivity (Wildman–Crippen MR) is 70.7 cm³/mol. The Morgan fingerprint density at radius 3 is 2.65 bits per heavy atom. The maximum Gasteiger partial charge on any atom is 0.416 e. The Morgan fingerprint density at radius 2 is 2.15 bits per heavy atom. The summed E-state index contributed by atoms with van der Waals surface area (Å²) in [4.78, 5) is 12.0. The number of carbonyl (C=O) groups is 1. The molecule has 0 bridgehead atoms. The van der Waals surface area contributed by atoms with Crippen LogP contribution in [-0.4, -0.2) is 18.5 Å². The first-order chi connectivity index (χ1) is 9.29. The van der Waals surface area contributed by atoms with Crippen molar-refractivity contribution in [3.63, 3.8) is 0 Å². The van der Waals surface area contributed by atoms with Gasteiger partial charge in [0.15, 0.2) is 0 Å². The van der Waals surface area contributed by atoms with Crippen molar-refractivity contribution in [3.05, 3.63) is 28.8 Å². The minimum absolute atomic E-state index is 0.126. The Labute approximate surface area is 119 Å². The topological polar surface area (TPSA) is 41.1 Å². The first kappa shape index (κ1) is 15.1. The summed E-state index contributed by atoms with van der Waals surface area (Å²) in [6.45, 7) is 2.69. The Kier molecular flexibility index (Phi) is 4.25. The summed E-state index contributed by atoms with van der Waals surface area (Å²) in [6, 6.07) is 2.53. The van der Waals surface area contributed by atoms with Gasteiger partial charge in [0, 0.05) is 0 Å². The number of nitrogens with one attached hydrogen (secondary N) is 2. The van der Waals surface area contributed by atoms with Crippen LogP contribution in [0.15, 0.2) is 18.2 Å². The molecule has 1 heterocycles. The minimum Gasteiger partial charge on any atom is -0.323 e. The van der Waals surface area contributed by atoms with E-state index in [-0.39, 0.29) is 28.6 Å². The van der Waals surface area contributed by atoms with Crippen molar-refractivity contribution in [2.24, 2.45) is 5.92 Å². The average Bonchev–Trinajstić information content (AvgIpc) is 2.76. The standard InChI is InChI=1S/C13H14ClF3N2O/c1-7-4-5-18-11(7)12(20)19-10-3-2-8(6-9(10)14)13(15,16)17/h2-3,6-7,11,18H,4-5H2,1H3,(H,19,20). The molecule has 3 nitrogen and oxygen atoms in total. The van der Waals surface area contributed by atoms with Crippen LogP contribution >= 0.6 is 11.6 Å². The minimum atomic E-state index is -4.45. The molecule has 1 aliphatic heterocycles. The molecule has 1 aliphatic rings. The smallest absolute Gasteiger partial charge is 0.323 e. The SMILES string of the molecule is CC1CCNC1C(=O)Nc1ccc(C(F)(F)F)cc1Cl. The molecule has 7 heteroatoms. The molecule has 1 aromatic rings. The summed E-state index contributed by atoms with van der Waals surface area (Å²) >= 11 is 5.79. The van der Waals surface area contributed by atoms with Crippen molar-refractivity contribution < 1.29 is 18.0 Å². The van der Waals surface area contributed by atoms with Crippen LogP contribution in [0, 0.1) is 5.92 Å². The van der Waals surface area contributed by atoms with Gasteiger partial charge in [-0.2, -0.15) is 13.2 Å². The molecule has 2 unspecified atom stereocenters. The van der Waals surface area contributed by atoms with Gasteiger partial charge in [-0.05, 0) is 37.1 Å². The third-order valence-electron chi connectivity index (χ3n) is 3.37. The van der Waals surface area contributed by atoms with Gasteiger partial charge in [0.05, 0.1) is 22.3 Å². The zero-order chi connectivity index (χ0) is 14.9. The van der Waals surface area contributed by atoms with Crippen LogP contribution in [0.1, 0.15) is 18.9 Å². The van der Waals surface area contributed by atoms with Gasteiger partial charge in [-0.25, -0.2) is 0 Å². The zero-order valence-electron chi connectivity index (χ0n) is 10.7. The molecule has 2 N–H and O–H groups in total. The molecular formula is C13H14ClF3N2O. The molecule has 2 rings (SSSR count). The van der Waals surface area contributed by atoms with E-state index < -0.39 is 11.7 Å². The van der Waals surface area contributed by atoms with E-state index in [1.807, 2.05) is 6.92 Å².